The third-order valence-electron chi connectivity index (χ3n) is 4.78. The molecule has 5 nitrogen and oxygen atoms in total. The van der Waals surface area contributed by atoms with E-state index in [0.29, 0.717) is 32.4 Å². The first kappa shape index (κ1) is 21.0. The molecule has 0 bridgehead atoms. The molecule has 1 aromatic heterocycles. The molecule has 0 saturated carbocycles. The van der Waals surface area contributed by atoms with Crippen molar-refractivity contribution >= 4 is 55.8 Å². The molecule has 31 heavy (non-hydrogen) atoms. The first-order valence-electron chi connectivity index (χ1n) is 9.43. The van der Waals surface area contributed by atoms with Gasteiger partial charge in [-0.15, -0.1) is 0 Å². The highest BCUT2D eigenvalue weighted by Gasteiger charge is 2.13. The lowest BCUT2D eigenvalue weighted by Crippen LogP contribution is -2.34. The van der Waals surface area contributed by atoms with Gasteiger partial charge in [0.15, 0.2) is 5.11 Å². The van der Waals surface area contributed by atoms with Crippen LogP contribution in [0, 0.1) is 6.92 Å². The van der Waals surface area contributed by atoms with Gasteiger partial charge in [0.2, 0.25) is 0 Å². The van der Waals surface area contributed by atoms with Crippen molar-refractivity contribution in [1.82, 2.24) is 5.32 Å². The van der Waals surface area contributed by atoms with E-state index in [1.54, 1.807) is 24.3 Å². The average molecular weight is 493 g/mol. The van der Waals surface area contributed by atoms with E-state index in [-0.39, 0.29) is 11.0 Å². The molecule has 4 rings (SSSR count). The molecule has 0 unspecified atom stereocenters. The Balaban J connectivity index is 1.59. The van der Waals surface area contributed by atoms with Gasteiger partial charge in [0, 0.05) is 15.5 Å². The zero-order valence-electron chi connectivity index (χ0n) is 16.4. The number of para-hydroxylation sites is 1. The van der Waals surface area contributed by atoms with Crippen LogP contribution in [0.1, 0.15) is 15.9 Å². The average Bonchev–Trinajstić information content (AvgIpc) is 2.75. The zero-order chi connectivity index (χ0) is 22.0. The Labute approximate surface area is 192 Å². The van der Waals surface area contributed by atoms with E-state index in [1.165, 1.54) is 0 Å². The molecule has 154 valence electrons. The number of benzene rings is 3. The maximum Gasteiger partial charge on any atom is 0.344 e. The first-order chi connectivity index (χ1) is 14.9. The molecule has 4 aromatic rings. The number of aryl methyl sites for hydroxylation is 1. The van der Waals surface area contributed by atoms with Crippen molar-refractivity contribution in [3.8, 4) is 11.1 Å². The van der Waals surface area contributed by atoms with Crippen molar-refractivity contribution in [1.29, 1.82) is 0 Å². The van der Waals surface area contributed by atoms with Crippen molar-refractivity contribution < 1.29 is 9.21 Å². The van der Waals surface area contributed by atoms with Gasteiger partial charge in [-0.1, -0.05) is 42.5 Å². The van der Waals surface area contributed by atoms with E-state index < -0.39 is 5.63 Å². The summed E-state index contributed by atoms with van der Waals surface area (Å²) in [5.41, 5.74) is 3.33. The molecule has 0 saturated heterocycles. The lowest BCUT2D eigenvalue weighted by atomic mass is 10.0. The van der Waals surface area contributed by atoms with E-state index in [4.69, 9.17) is 16.6 Å². The first-order valence-corrected chi connectivity index (χ1v) is 10.6. The van der Waals surface area contributed by atoms with Gasteiger partial charge in [-0.25, -0.2) is 4.79 Å². The fraction of sp³-hybridized carbons (Fsp3) is 0.0417. The van der Waals surface area contributed by atoms with Crippen LogP contribution in [0.4, 0.5) is 5.69 Å². The molecule has 0 atom stereocenters. The maximum absolute atomic E-state index is 12.5. The minimum absolute atomic E-state index is 0.159. The summed E-state index contributed by atoms with van der Waals surface area (Å²) in [5, 5.41) is 6.72. The number of nitrogens with one attached hydrogen (secondary N) is 2. The zero-order valence-corrected chi connectivity index (χ0v) is 18.8. The van der Waals surface area contributed by atoms with Crippen LogP contribution in [0.2, 0.25) is 0 Å². The number of fused-ring (bicyclic) bond motifs is 1. The summed E-state index contributed by atoms with van der Waals surface area (Å²) in [5.74, 6) is -0.325. The van der Waals surface area contributed by atoms with Crippen LogP contribution in [0.25, 0.3) is 22.1 Å². The van der Waals surface area contributed by atoms with E-state index in [1.807, 2.05) is 55.5 Å². The van der Waals surface area contributed by atoms with Crippen LogP contribution in [-0.4, -0.2) is 11.0 Å². The standard InChI is InChI=1S/C24H17BrN2O3S/c1-14-10-11-15(18-12-16-6-2-5-9-21(16)30-23(18)29)13-20(14)26-24(31)27-22(28)17-7-3-4-8-19(17)25/h2-13H,1H3,(H2,26,27,28,31). The van der Waals surface area contributed by atoms with Crippen molar-refractivity contribution in [2.24, 2.45) is 0 Å². The molecule has 1 amide bonds. The van der Waals surface area contributed by atoms with Crippen LogP contribution >= 0.6 is 28.1 Å². The summed E-state index contributed by atoms with van der Waals surface area (Å²) in [6.45, 7) is 1.91. The molecule has 0 aliphatic heterocycles. The molecule has 3 aromatic carbocycles. The van der Waals surface area contributed by atoms with Gasteiger partial charge >= 0.3 is 5.63 Å². The predicted molar refractivity (Wildman–Crippen MR) is 130 cm³/mol. The van der Waals surface area contributed by atoms with E-state index in [9.17, 15) is 9.59 Å². The van der Waals surface area contributed by atoms with Crippen molar-refractivity contribution in [2.45, 2.75) is 6.92 Å². The highest BCUT2D eigenvalue weighted by Crippen LogP contribution is 2.26. The highest BCUT2D eigenvalue weighted by molar-refractivity contribution is 9.10. The molecule has 0 fully saturated rings. The number of hydrogen-bond acceptors (Lipinski definition) is 4. The molecule has 0 aliphatic carbocycles. The van der Waals surface area contributed by atoms with Crippen LogP contribution in [0.5, 0.6) is 0 Å². The van der Waals surface area contributed by atoms with E-state index in [0.717, 1.165) is 10.9 Å². The minimum atomic E-state index is -0.418. The topological polar surface area (TPSA) is 71.3 Å². The van der Waals surface area contributed by atoms with Crippen LogP contribution in [-0.2, 0) is 0 Å². The van der Waals surface area contributed by atoms with Crippen molar-refractivity contribution in [3.63, 3.8) is 0 Å². The molecule has 2 N–H and O–H groups in total. The fourth-order valence-corrected chi connectivity index (χ4v) is 3.82. The van der Waals surface area contributed by atoms with Gasteiger partial charge in [0.05, 0.1) is 11.1 Å². The van der Waals surface area contributed by atoms with E-state index >= 15 is 0 Å². The third kappa shape index (κ3) is 4.57. The molecule has 7 heteroatoms. The van der Waals surface area contributed by atoms with Gasteiger partial charge in [-0.2, -0.15) is 0 Å². The second kappa shape index (κ2) is 8.83. The second-order valence-electron chi connectivity index (χ2n) is 6.90. The number of anilines is 1. The Bertz CT molecular complexity index is 1380. The second-order valence-corrected chi connectivity index (χ2v) is 8.17. The summed E-state index contributed by atoms with van der Waals surface area (Å²) in [6, 6.07) is 21.8. The van der Waals surface area contributed by atoms with Crippen molar-refractivity contribution in [3.05, 3.63) is 98.8 Å². The Morgan fingerprint density at radius 1 is 1.00 bits per heavy atom. The SMILES string of the molecule is Cc1ccc(-c2cc3ccccc3oc2=O)cc1NC(=S)NC(=O)c1ccccc1Br. The summed E-state index contributed by atoms with van der Waals surface area (Å²) in [4.78, 5) is 25.0. The minimum Gasteiger partial charge on any atom is -0.422 e. The van der Waals surface area contributed by atoms with Gasteiger partial charge in [-0.05, 0) is 76.5 Å². The number of rotatable bonds is 3. The third-order valence-corrected chi connectivity index (χ3v) is 5.68. The molecule has 0 radical (unpaired) electrons. The van der Waals surface area contributed by atoms with Gasteiger partial charge < -0.3 is 9.73 Å². The maximum atomic E-state index is 12.5. The lowest BCUT2D eigenvalue weighted by Gasteiger charge is -2.14. The van der Waals surface area contributed by atoms with Gasteiger partial charge in [0.25, 0.3) is 5.91 Å². The number of carbonyl (C=O) groups is 1. The monoisotopic (exact) mass is 492 g/mol. The summed E-state index contributed by atoms with van der Waals surface area (Å²) in [6.07, 6.45) is 0. The predicted octanol–water partition coefficient (Wildman–Crippen LogP) is 5.66. The summed E-state index contributed by atoms with van der Waals surface area (Å²) < 4.78 is 6.13. The quantitative estimate of drug-likeness (QED) is 0.285. The Hall–Kier alpha value is -3.29. The van der Waals surface area contributed by atoms with E-state index in [2.05, 4.69) is 26.6 Å². The van der Waals surface area contributed by atoms with Gasteiger partial charge in [-0.3, -0.25) is 10.1 Å². The van der Waals surface area contributed by atoms with Crippen LogP contribution in [0.3, 0.4) is 0 Å². The Morgan fingerprint density at radius 2 is 1.74 bits per heavy atom. The van der Waals surface area contributed by atoms with Crippen LogP contribution in [0.15, 0.2) is 86.5 Å². The van der Waals surface area contributed by atoms with Crippen LogP contribution < -0.4 is 16.3 Å². The Morgan fingerprint density at radius 3 is 2.55 bits per heavy atom. The molecule has 1 heterocycles. The highest BCUT2D eigenvalue weighted by atomic mass is 79.9. The summed E-state index contributed by atoms with van der Waals surface area (Å²) >= 11 is 8.69. The molecular weight excluding hydrogens is 476 g/mol. The fourth-order valence-electron chi connectivity index (χ4n) is 3.16. The number of thiocarbonyl (C=S) groups is 1. The normalized spacial score (nSPS) is 10.6. The molecule has 0 spiro atoms. The number of amides is 1. The molecular formula is C24H17BrN2O3S. The van der Waals surface area contributed by atoms with Gasteiger partial charge in [0.1, 0.15) is 5.58 Å². The smallest absolute Gasteiger partial charge is 0.344 e. The Kier molecular flexibility index (Phi) is 5.97. The summed E-state index contributed by atoms with van der Waals surface area (Å²) in [7, 11) is 0. The molecule has 0 aliphatic rings. The number of hydrogen-bond donors (Lipinski definition) is 2. The van der Waals surface area contributed by atoms with Crippen molar-refractivity contribution in [2.75, 3.05) is 5.32 Å². The number of halogens is 1. The largest absolute Gasteiger partial charge is 0.422 e. The lowest BCUT2D eigenvalue weighted by molar-refractivity contribution is 0.0977. The number of carbonyl (C=O) groups excluding carboxylic acids is 1.